The van der Waals surface area contributed by atoms with Crippen LogP contribution >= 0.6 is 0 Å². The van der Waals surface area contributed by atoms with Gasteiger partial charge in [0.15, 0.2) is 0 Å². The third kappa shape index (κ3) is 5.12. The molecule has 0 radical (unpaired) electrons. The van der Waals surface area contributed by atoms with Gasteiger partial charge in [-0.05, 0) is 35.9 Å². The Labute approximate surface area is 158 Å². The van der Waals surface area contributed by atoms with E-state index in [0.717, 1.165) is 0 Å². The highest BCUT2D eigenvalue weighted by atomic mass is 32.2. The topological polar surface area (TPSA) is 86.7 Å². The smallest absolute Gasteiger partial charge is 0.251 e. The summed E-state index contributed by atoms with van der Waals surface area (Å²) in [5.41, 5.74) is 0.503. The van der Waals surface area contributed by atoms with E-state index in [0.29, 0.717) is 18.7 Å². The fourth-order valence-corrected chi connectivity index (χ4v) is 4.14. The molecule has 0 aliphatic carbocycles. The molecular formula is C19H23FN2O4S. The van der Waals surface area contributed by atoms with Gasteiger partial charge >= 0.3 is 0 Å². The maximum atomic E-state index is 13.2. The lowest BCUT2D eigenvalue weighted by atomic mass is 10.1. The number of halogens is 1. The molecule has 0 fully saturated rings. The lowest BCUT2D eigenvalue weighted by molar-refractivity contribution is 0.0916. The van der Waals surface area contributed by atoms with Gasteiger partial charge < -0.3 is 10.4 Å². The highest BCUT2D eigenvalue weighted by Crippen LogP contribution is 2.17. The van der Waals surface area contributed by atoms with E-state index in [1.165, 1.54) is 46.8 Å². The van der Waals surface area contributed by atoms with Crippen LogP contribution in [0.3, 0.4) is 0 Å². The summed E-state index contributed by atoms with van der Waals surface area (Å²) in [6.07, 6.45) is -1.08. The molecule has 2 aromatic rings. The summed E-state index contributed by atoms with van der Waals surface area (Å²) in [5, 5.41) is 12.6. The van der Waals surface area contributed by atoms with Gasteiger partial charge in [-0.25, -0.2) is 12.8 Å². The Bertz CT molecular complexity index is 898. The summed E-state index contributed by atoms with van der Waals surface area (Å²) in [6, 6.07) is 11.2. The summed E-state index contributed by atoms with van der Waals surface area (Å²) in [4.78, 5) is 12.4. The highest BCUT2D eigenvalue weighted by Gasteiger charge is 2.22. The summed E-state index contributed by atoms with van der Waals surface area (Å²) < 4.78 is 39.7. The fourth-order valence-electron chi connectivity index (χ4n) is 2.63. The summed E-state index contributed by atoms with van der Waals surface area (Å²) in [5.74, 6) is -1.01. The number of nitrogens with one attached hydrogen (secondary N) is 1. The fraction of sp³-hybridized carbons (Fsp3) is 0.316. The molecule has 2 aromatic carbocycles. The van der Waals surface area contributed by atoms with Crippen molar-refractivity contribution in [1.82, 2.24) is 9.62 Å². The number of sulfonamides is 1. The molecule has 0 saturated heterocycles. The zero-order chi connectivity index (χ0) is 20.0. The van der Waals surface area contributed by atoms with Crippen LogP contribution in [-0.4, -0.2) is 43.4 Å². The molecule has 146 valence electrons. The van der Waals surface area contributed by atoms with Crippen molar-refractivity contribution in [3.63, 3.8) is 0 Å². The maximum Gasteiger partial charge on any atom is 0.251 e. The van der Waals surface area contributed by atoms with Crippen LogP contribution in [0.5, 0.6) is 0 Å². The number of carbonyl (C=O) groups excluding carboxylic acids is 1. The molecule has 8 heteroatoms. The molecule has 1 amide bonds. The van der Waals surface area contributed by atoms with Crippen LogP contribution in [0.25, 0.3) is 0 Å². The second kappa shape index (κ2) is 9.07. The molecule has 6 nitrogen and oxygen atoms in total. The van der Waals surface area contributed by atoms with Crippen molar-refractivity contribution in [1.29, 1.82) is 0 Å². The quantitative estimate of drug-likeness (QED) is 0.719. The minimum absolute atomic E-state index is 0.0320. The number of nitrogens with zero attached hydrogens (tertiary/aromatic N) is 1. The van der Waals surface area contributed by atoms with Gasteiger partial charge in [0.1, 0.15) is 5.82 Å². The van der Waals surface area contributed by atoms with Crippen molar-refractivity contribution in [2.45, 2.75) is 24.8 Å². The zero-order valence-corrected chi connectivity index (χ0v) is 16.0. The van der Waals surface area contributed by atoms with E-state index in [1.54, 1.807) is 19.9 Å². The van der Waals surface area contributed by atoms with Crippen LogP contribution in [0.15, 0.2) is 53.4 Å². The van der Waals surface area contributed by atoms with Gasteiger partial charge in [-0.2, -0.15) is 4.31 Å². The number of hydrogen-bond acceptors (Lipinski definition) is 4. The molecule has 0 heterocycles. The van der Waals surface area contributed by atoms with E-state index in [9.17, 15) is 22.7 Å². The SMILES string of the molecule is CCN(CC)S(=O)(=O)c1cccc(C(=O)NCC(O)c2cccc(F)c2)c1. The molecular weight excluding hydrogens is 371 g/mol. The summed E-state index contributed by atoms with van der Waals surface area (Å²) in [7, 11) is -3.67. The zero-order valence-electron chi connectivity index (χ0n) is 15.2. The summed E-state index contributed by atoms with van der Waals surface area (Å²) in [6.45, 7) is 4.01. The van der Waals surface area contributed by atoms with Gasteiger partial charge in [-0.15, -0.1) is 0 Å². The Hall–Kier alpha value is -2.29. The minimum atomic E-state index is -3.67. The normalized spacial score (nSPS) is 12.8. The number of aliphatic hydroxyl groups excluding tert-OH is 1. The second-order valence-corrected chi connectivity index (χ2v) is 7.84. The van der Waals surface area contributed by atoms with Gasteiger partial charge in [-0.3, -0.25) is 4.79 Å². The molecule has 0 aromatic heterocycles. The van der Waals surface area contributed by atoms with Gasteiger partial charge in [0.05, 0.1) is 11.0 Å². The van der Waals surface area contributed by atoms with Crippen molar-refractivity contribution in [2.24, 2.45) is 0 Å². The van der Waals surface area contributed by atoms with Crippen LogP contribution in [0.2, 0.25) is 0 Å². The molecule has 0 aliphatic rings. The predicted molar refractivity (Wildman–Crippen MR) is 100 cm³/mol. The average Bonchev–Trinajstić information content (AvgIpc) is 2.66. The Kier molecular flexibility index (Phi) is 7.06. The first-order chi connectivity index (χ1) is 12.8. The van der Waals surface area contributed by atoms with Crippen molar-refractivity contribution in [2.75, 3.05) is 19.6 Å². The largest absolute Gasteiger partial charge is 0.387 e. The number of benzene rings is 2. The minimum Gasteiger partial charge on any atom is -0.387 e. The number of carbonyl (C=O) groups is 1. The van der Waals surface area contributed by atoms with Crippen LogP contribution < -0.4 is 5.32 Å². The van der Waals surface area contributed by atoms with Crippen molar-refractivity contribution < 1.29 is 22.7 Å². The van der Waals surface area contributed by atoms with Crippen molar-refractivity contribution in [3.05, 3.63) is 65.5 Å². The average molecular weight is 394 g/mol. The van der Waals surface area contributed by atoms with E-state index >= 15 is 0 Å². The molecule has 1 atom stereocenters. The maximum absolute atomic E-state index is 13.2. The Morgan fingerprint density at radius 2 is 1.81 bits per heavy atom. The van der Waals surface area contributed by atoms with E-state index in [2.05, 4.69) is 5.32 Å². The van der Waals surface area contributed by atoms with Crippen molar-refractivity contribution >= 4 is 15.9 Å². The van der Waals surface area contributed by atoms with Gasteiger partial charge in [0.2, 0.25) is 10.0 Å². The molecule has 0 bridgehead atoms. The van der Waals surface area contributed by atoms with E-state index in [-0.39, 0.29) is 17.0 Å². The summed E-state index contributed by atoms with van der Waals surface area (Å²) >= 11 is 0. The van der Waals surface area contributed by atoms with Crippen LogP contribution in [0, 0.1) is 5.82 Å². The van der Waals surface area contributed by atoms with Gasteiger partial charge in [0.25, 0.3) is 5.91 Å². The van der Waals surface area contributed by atoms with Gasteiger partial charge in [0, 0.05) is 25.2 Å². The third-order valence-electron chi connectivity index (χ3n) is 4.13. The molecule has 2 N–H and O–H groups in total. The van der Waals surface area contributed by atoms with E-state index < -0.39 is 27.9 Å². The molecule has 1 unspecified atom stereocenters. The molecule has 0 aliphatic heterocycles. The third-order valence-corrected chi connectivity index (χ3v) is 6.17. The van der Waals surface area contributed by atoms with Crippen LogP contribution in [-0.2, 0) is 10.0 Å². The van der Waals surface area contributed by atoms with Crippen molar-refractivity contribution in [3.8, 4) is 0 Å². The number of aliphatic hydroxyl groups is 1. The number of rotatable bonds is 8. The number of amides is 1. The molecule has 0 saturated carbocycles. The molecule has 2 rings (SSSR count). The molecule has 0 spiro atoms. The lowest BCUT2D eigenvalue weighted by Crippen LogP contribution is -2.31. The molecule has 27 heavy (non-hydrogen) atoms. The first kappa shape index (κ1) is 21.0. The predicted octanol–water partition coefficient (Wildman–Crippen LogP) is 2.32. The second-order valence-electron chi connectivity index (χ2n) is 5.90. The van der Waals surface area contributed by atoms with Crippen LogP contribution in [0.1, 0.15) is 35.9 Å². The van der Waals surface area contributed by atoms with Crippen LogP contribution in [0.4, 0.5) is 4.39 Å². The Morgan fingerprint density at radius 3 is 2.44 bits per heavy atom. The van der Waals surface area contributed by atoms with E-state index in [1.807, 2.05) is 0 Å². The first-order valence-electron chi connectivity index (χ1n) is 8.61. The number of hydrogen-bond donors (Lipinski definition) is 2. The lowest BCUT2D eigenvalue weighted by Gasteiger charge is -2.19. The monoisotopic (exact) mass is 394 g/mol. The Morgan fingerprint density at radius 1 is 1.15 bits per heavy atom. The standard InChI is InChI=1S/C19H23FN2O4S/c1-3-22(4-2)27(25,26)17-10-6-8-15(12-17)19(24)21-13-18(23)14-7-5-9-16(20)11-14/h5-12,18,23H,3-4,13H2,1-2H3,(H,21,24). The highest BCUT2D eigenvalue weighted by molar-refractivity contribution is 7.89. The Balaban J connectivity index is 2.11. The van der Waals surface area contributed by atoms with Gasteiger partial charge in [-0.1, -0.05) is 32.0 Å². The first-order valence-corrected chi connectivity index (χ1v) is 10.1. The van der Waals surface area contributed by atoms with E-state index in [4.69, 9.17) is 0 Å².